The molecule has 1 saturated heterocycles. The summed E-state index contributed by atoms with van der Waals surface area (Å²) < 4.78 is 16.5. The molecule has 1 aliphatic rings. The fraction of sp³-hybridized carbons (Fsp3) is 0.125. The summed E-state index contributed by atoms with van der Waals surface area (Å²) in [6.45, 7) is 0.163. The number of amides is 1. The monoisotopic (exact) mass is 557 g/mol. The Hall–Kier alpha value is -3.70. The Bertz CT molecular complexity index is 1310. The second kappa shape index (κ2) is 10.7. The lowest BCUT2D eigenvalue weighted by molar-refractivity contribution is -0.122. The molecule has 9 nitrogen and oxygen atoms in total. The zero-order valence-corrected chi connectivity index (χ0v) is 21.0. The number of nitrogens with zero attached hydrogens (tertiary/aromatic N) is 3. The molecule has 0 saturated carbocycles. The molecule has 2 N–H and O–H groups in total. The van der Waals surface area contributed by atoms with Crippen molar-refractivity contribution in [3.63, 3.8) is 0 Å². The largest absolute Gasteiger partial charge is 0.507 e. The smallest absolute Gasteiger partial charge is 0.267 e. The number of carbonyl (C=O) groups is 1. The van der Waals surface area contributed by atoms with Crippen molar-refractivity contribution in [2.24, 2.45) is 10.2 Å². The van der Waals surface area contributed by atoms with Gasteiger partial charge in [0, 0.05) is 15.6 Å². The first-order valence-corrected chi connectivity index (χ1v) is 11.8. The van der Waals surface area contributed by atoms with Gasteiger partial charge in [0.1, 0.15) is 11.5 Å². The average molecular weight is 558 g/mol. The first kappa shape index (κ1) is 24.4. The van der Waals surface area contributed by atoms with Crippen LogP contribution in [0.25, 0.3) is 6.08 Å². The average Bonchev–Trinajstić information content (AvgIpc) is 3.46. The van der Waals surface area contributed by atoms with Crippen molar-refractivity contribution in [2.45, 2.75) is 6.54 Å². The van der Waals surface area contributed by atoms with Crippen LogP contribution in [0.4, 0.5) is 0 Å². The Morgan fingerprint density at radius 2 is 1.89 bits per heavy atom. The van der Waals surface area contributed by atoms with Gasteiger partial charge in [-0.2, -0.15) is 5.10 Å². The highest BCUT2D eigenvalue weighted by atomic mass is 79.9. The molecule has 11 heteroatoms. The number of phenols is 2. The van der Waals surface area contributed by atoms with E-state index >= 15 is 0 Å². The number of rotatable bonds is 7. The van der Waals surface area contributed by atoms with Gasteiger partial charge in [0.05, 0.1) is 38.1 Å². The summed E-state index contributed by atoms with van der Waals surface area (Å²) in [6, 6.07) is 11.6. The Morgan fingerprint density at radius 1 is 1.14 bits per heavy atom. The molecule has 2 heterocycles. The number of benzene rings is 2. The summed E-state index contributed by atoms with van der Waals surface area (Å²) in [7, 11) is 2.86. The van der Waals surface area contributed by atoms with E-state index in [4.69, 9.17) is 13.9 Å². The van der Waals surface area contributed by atoms with Gasteiger partial charge in [-0.15, -0.1) is 5.10 Å². The quantitative estimate of drug-likeness (QED) is 0.239. The van der Waals surface area contributed by atoms with Crippen LogP contribution < -0.4 is 9.47 Å². The highest BCUT2D eigenvalue weighted by Crippen LogP contribution is 2.37. The number of carbonyl (C=O) groups excluding carboxylic acids is 1. The third-order valence-corrected chi connectivity index (χ3v) is 6.40. The number of ether oxygens (including phenoxy) is 2. The number of methoxy groups -OCH3 is 2. The maximum atomic E-state index is 13.2. The van der Waals surface area contributed by atoms with Crippen LogP contribution in [0.5, 0.6) is 23.0 Å². The van der Waals surface area contributed by atoms with Gasteiger partial charge < -0.3 is 24.1 Å². The van der Waals surface area contributed by atoms with E-state index in [9.17, 15) is 15.0 Å². The normalized spacial score (nSPS) is 16.1. The minimum absolute atomic E-state index is 0.0466. The topological polar surface area (TPSA) is 117 Å². The van der Waals surface area contributed by atoms with Gasteiger partial charge >= 0.3 is 0 Å². The van der Waals surface area contributed by atoms with Gasteiger partial charge in [0.25, 0.3) is 5.91 Å². The molecule has 1 aromatic heterocycles. The SMILES string of the molecule is COc1cc(/C=N\N=C2\S/C(=C\c3cc(Br)ccc3O)C(=O)N2Cc2ccco2)cc(OC)c1O. The standard InChI is InChI=1S/C24H20BrN3O6S/c1-32-19-8-14(9-20(33-2)22(19)30)12-26-27-24-28(13-17-4-3-7-34-17)23(31)21(35-24)11-15-10-16(25)5-6-18(15)29/h3-12,29-30H,13H2,1-2H3/b21-11-,26-12-,27-24+. The van der Waals surface area contributed by atoms with E-state index in [1.807, 2.05) is 0 Å². The molecular weight excluding hydrogens is 538 g/mol. The summed E-state index contributed by atoms with van der Waals surface area (Å²) in [5, 5.41) is 29.0. The summed E-state index contributed by atoms with van der Waals surface area (Å²) in [5.74, 6) is 0.656. The number of aromatic hydroxyl groups is 2. The predicted octanol–water partition coefficient (Wildman–Crippen LogP) is 4.98. The number of hydrogen-bond acceptors (Lipinski definition) is 9. The fourth-order valence-corrected chi connectivity index (χ4v) is 4.50. The molecule has 0 radical (unpaired) electrons. The lowest BCUT2D eigenvalue weighted by Gasteiger charge is -2.12. The number of furan rings is 1. The summed E-state index contributed by atoms with van der Waals surface area (Å²) in [6.07, 6.45) is 4.58. The summed E-state index contributed by atoms with van der Waals surface area (Å²) >= 11 is 4.50. The van der Waals surface area contributed by atoms with Crippen molar-refractivity contribution in [1.29, 1.82) is 0 Å². The molecule has 1 fully saturated rings. The van der Waals surface area contributed by atoms with Crippen molar-refractivity contribution in [3.8, 4) is 23.0 Å². The summed E-state index contributed by atoms with van der Waals surface area (Å²) in [5.41, 5.74) is 1.06. The molecule has 1 amide bonds. The zero-order chi connectivity index (χ0) is 24.9. The van der Waals surface area contributed by atoms with Crippen LogP contribution in [-0.4, -0.2) is 46.6 Å². The lowest BCUT2D eigenvalue weighted by atomic mass is 10.2. The van der Waals surface area contributed by atoms with Crippen molar-refractivity contribution < 1.29 is 28.9 Å². The van der Waals surface area contributed by atoms with E-state index in [2.05, 4.69) is 26.1 Å². The van der Waals surface area contributed by atoms with Crippen LogP contribution in [0.15, 0.2) is 72.7 Å². The molecule has 0 bridgehead atoms. The molecule has 0 atom stereocenters. The van der Waals surface area contributed by atoms with Gasteiger partial charge in [-0.3, -0.25) is 9.69 Å². The van der Waals surface area contributed by atoms with E-state index in [-0.39, 0.29) is 35.4 Å². The van der Waals surface area contributed by atoms with Crippen LogP contribution >= 0.6 is 27.7 Å². The van der Waals surface area contributed by atoms with Gasteiger partial charge in [-0.05, 0) is 60.3 Å². The van der Waals surface area contributed by atoms with Crippen LogP contribution in [-0.2, 0) is 11.3 Å². The van der Waals surface area contributed by atoms with Crippen LogP contribution in [0.2, 0.25) is 0 Å². The predicted molar refractivity (Wildman–Crippen MR) is 137 cm³/mol. The first-order valence-electron chi connectivity index (χ1n) is 10.2. The van der Waals surface area contributed by atoms with Gasteiger partial charge in [-0.1, -0.05) is 15.9 Å². The van der Waals surface area contributed by atoms with Crippen molar-refractivity contribution in [3.05, 3.63) is 75.0 Å². The molecule has 4 rings (SSSR count). The Labute approximate surface area is 213 Å². The van der Waals surface area contributed by atoms with Gasteiger partial charge in [-0.25, -0.2) is 0 Å². The Balaban J connectivity index is 1.66. The van der Waals surface area contributed by atoms with Gasteiger partial charge in [0.15, 0.2) is 16.7 Å². The molecule has 180 valence electrons. The molecule has 0 unspecified atom stereocenters. The van der Waals surface area contributed by atoms with Crippen LogP contribution in [0.3, 0.4) is 0 Å². The van der Waals surface area contributed by atoms with Crippen LogP contribution in [0, 0.1) is 0 Å². The number of amidine groups is 1. The van der Waals surface area contributed by atoms with E-state index in [0.29, 0.717) is 27.0 Å². The second-order valence-electron chi connectivity index (χ2n) is 7.19. The van der Waals surface area contributed by atoms with E-state index in [1.54, 1.807) is 48.5 Å². The van der Waals surface area contributed by atoms with E-state index in [1.165, 1.54) is 31.6 Å². The fourth-order valence-electron chi connectivity index (χ4n) is 3.20. The highest BCUT2D eigenvalue weighted by Gasteiger charge is 2.34. The molecule has 3 aromatic rings. The molecule has 1 aliphatic heterocycles. The number of thioether (sulfide) groups is 1. The molecule has 0 spiro atoms. The van der Waals surface area contributed by atoms with E-state index < -0.39 is 0 Å². The maximum absolute atomic E-state index is 13.2. The van der Waals surface area contributed by atoms with Crippen molar-refractivity contribution in [1.82, 2.24) is 4.90 Å². The zero-order valence-electron chi connectivity index (χ0n) is 18.6. The highest BCUT2D eigenvalue weighted by molar-refractivity contribution is 9.10. The third kappa shape index (κ3) is 5.52. The third-order valence-electron chi connectivity index (χ3n) is 4.91. The van der Waals surface area contributed by atoms with Crippen LogP contribution in [0.1, 0.15) is 16.9 Å². The van der Waals surface area contributed by atoms with Crippen molar-refractivity contribution >= 4 is 51.1 Å². The minimum Gasteiger partial charge on any atom is -0.507 e. The first-order chi connectivity index (χ1) is 16.9. The molecule has 2 aromatic carbocycles. The second-order valence-corrected chi connectivity index (χ2v) is 9.11. The van der Waals surface area contributed by atoms with Crippen molar-refractivity contribution in [2.75, 3.05) is 14.2 Å². The minimum atomic E-state index is -0.298. The molecule has 35 heavy (non-hydrogen) atoms. The molecular formula is C24H20BrN3O6S. The number of halogens is 1. The summed E-state index contributed by atoms with van der Waals surface area (Å²) in [4.78, 5) is 15.0. The lowest BCUT2D eigenvalue weighted by Crippen LogP contribution is -2.28. The Morgan fingerprint density at radius 3 is 2.54 bits per heavy atom. The molecule has 0 aliphatic carbocycles. The van der Waals surface area contributed by atoms with Gasteiger partial charge in [0.2, 0.25) is 5.75 Å². The Kier molecular flexibility index (Phi) is 7.47. The number of hydrogen-bond donors (Lipinski definition) is 2. The number of phenolic OH excluding ortho intramolecular Hbond substituents is 2. The van der Waals surface area contributed by atoms with E-state index in [0.717, 1.165) is 16.2 Å². The maximum Gasteiger partial charge on any atom is 0.267 e.